The normalized spacial score (nSPS) is 16.0. The average molecular weight is 363 g/mol. The van der Waals surface area contributed by atoms with Crippen LogP contribution in [0.4, 0.5) is 0 Å². The summed E-state index contributed by atoms with van der Waals surface area (Å²) >= 11 is 5.06. The highest BCUT2D eigenvalue weighted by molar-refractivity contribution is 8.00. The van der Waals surface area contributed by atoms with Crippen LogP contribution in [0.15, 0.2) is 32.4 Å². The Morgan fingerprint density at radius 1 is 1.17 bits per heavy atom. The van der Waals surface area contributed by atoms with E-state index in [1.54, 1.807) is 34.4 Å². The van der Waals surface area contributed by atoms with Gasteiger partial charge in [0.2, 0.25) is 0 Å². The molecule has 4 rings (SSSR count). The Morgan fingerprint density at radius 2 is 2.04 bits per heavy atom. The van der Waals surface area contributed by atoms with Crippen molar-refractivity contribution in [2.75, 3.05) is 0 Å². The molecule has 0 bridgehead atoms. The van der Waals surface area contributed by atoms with Crippen molar-refractivity contribution in [1.82, 2.24) is 19.7 Å². The Bertz CT molecular complexity index is 769. The summed E-state index contributed by atoms with van der Waals surface area (Å²) < 4.78 is 3.41. The van der Waals surface area contributed by atoms with Crippen LogP contribution in [0, 0.1) is 6.92 Å². The molecular weight excluding hydrogens is 344 g/mol. The molecule has 3 aromatic heterocycles. The predicted octanol–water partition coefficient (Wildman–Crippen LogP) is 5.43. The maximum atomic E-state index is 4.57. The quantitative estimate of drug-likeness (QED) is 0.621. The molecule has 3 aromatic rings. The van der Waals surface area contributed by atoms with Gasteiger partial charge in [0, 0.05) is 17.1 Å². The number of nitrogens with zero attached hydrogens (tertiary/aromatic N) is 4. The minimum atomic E-state index is 0.513. The Balaban J connectivity index is 1.72. The number of thiazole rings is 1. The fourth-order valence-corrected chi connectivity index (χ4v) is 5.59. The maximum Gasteiger partial charge on any atom is 0.198 e. The lowest BCUT2D eigenvalue weighted by Gasteiger charge is -2.25. The number of thiophene rings is 1. The smallest absolute Gasteiger partial charge is 0.198 e. The van der Waals surface area contributed by atoms with Gasteiger partial charge in [-0.25, -0.2) is 4.98 Å². The summed E-state index contributed by atoms with van der Waals surface area (Å²) in [6.07, 6.45) is 6.39. The summed E-state index contributed by atoms with van der Waals surface area (Å²) in [5.41, 5.74) is 1.07. The Labute approximate surface area is 148 Å². The fraction of sp³-hybridized carbons (Fsp3) is 0.438. The van der Waals surface area contributed by atoms with Gasteiger partial charge in [-0.1, -0.05) is 25.3 Å². The molecule has 1 fully saturated rings. The van der Waals surface area contributed by atoms with Gasteiger partial charge in [-0.05, 0) is 43.0 Å². The number of hydrogen-bond donors (Lipinski definition) is 0. The highest BCUT2D eigenvalue weighted by Gasteiger charge is 2.25. The van der Waals surface area contributed by atoms with Crippen molar-refractivity contribution in [1.29, 1.82) is 0 Å². The van der Waals surface area contributed by atoms with Crippen LogP contribution in [0.5, 0.6) is 0 Å². The Morgan fingerprint density at radius 3 is 2.74 bits per heavy atom. The third kappa shape index (κ3) is 3.22. The lowest BCUT2D eigenvalue weighted by molar-refractivity contribution is 0.339. The van der Waals surface area contributed by atoms with Crippen molar-refractivity contribution in [2.24, 2.45) is 0 Å². The molecule has 0 amide bonds. The van der Waals surface area contributed by atoms with Crippen molar-refractivity contribution in [3.63, 3.8) is 0 Å². The molecule has 23 heavy (non-hydrogen) atoms. The molecule has 0 unspecified atom stereocenters. The number of rotatable bonds is 4. The van der Waals surface area contributed by atoms with Crippen LogP contribution in [-0.4, -0.2) is 19.7 Å². The van der Waals surface area contributed by atoms with E-state index in [9.17, 15) is 0 Å². The molecule has 0 spiro atoms. The third-order valence-electron chi connectivity index (χ3n) is 4.12. The zero-order valence-corrected chi connectivity index (χ0v) is 15.4. The largest absolute Gasteiger partial charge is 0.298 e. The minimum Gasteiger partial charge on any atom is -0.298 e. The molecule has 1 aliphatic rings. The molecule has 0 atom stereocenters. The van der Waals surface area contributed by atoms with E-state index >= 15 is 0 Å². The van der Waals surface area contributed by atoms with Crippen LogP contribution in [0.2, 0.25) is 0 Å². The molecular formula is C16H18N4S3. The van der Waals surface area contributed by atoms with E-state index in [4.69, 9.17) is 0 Å². The van der Waals surface area contributed by atoms with Crippen LogP contribution in [0.3, 0.4) is 0 Å². The topological polar surface area (TPSA) is 43.6 Å². The van der Waals surface area contributed by atoms with Gasteiger partial charge in [0.05, 0.1) is 4.88 Å². The molecule has 0 saturated heterocycles. The SMILES string of the molecule is Cc1csc(Sc2nnc(-c3cccs3)n2C2CCCCC2)n1. The van der Waals surface area contributed by atoms with Crippen molar-refractivity contribution >= 4 is 34.4 Å². The number of aromatic nitrogens is 4. The molecule has 0 N–H and O–H groups in total. The standard InChI is InChI=1S/C16H18N4S3/c1-11-10-22-16(17-11)23-15-19-18-14(13-8-5-9-21-13)20(15)12-6-3-2-4-7-12/h5,8-10,12H,2-4,6-7H2,1H3. The van der Waals surface area contributed by atoms with E-state index < -0.39 is 0 Å². The van der Waals surface area contributed by atoms with Gasteiger partial charge < -0.3 is 0 Å². The molecule has 120 valence electrons. The van der Waals surface area contributed by atoms with Crippen molar-refractivity contribution < 1.29 is 0 Å². The zero-order valence-electron chi connectivity index (χ0n) is 12.9. The fourth-order valence-electron chi connectivity index (χ4n) is 3.05. The first-order chi connectivity index (χ1) is 11.3. The monoisotopic (exact) mass is 362 g/mol. The van der Waals surface area contributed by atoms with E-state index in [-0.39, 0.29) is 0 Å². The van der Waals surface area contributed by atoms with Gasteiger partial charge in [-0.2, -0.15) is 0 Å². The zero-order chi connectivity index (χ0) is 15.6. The lowest BCUT2D eigenvalue weighted by atomic mass is 9.95. The van der Waals surface area contributed by atoms with E-state index in [2.05, 4.69) is 42.6 Å². The predicted molar refractivity (Wildman–Crippen MR) is 96.4 cm³/mol. The summed E-state index contributed by atoms with van der Waals surface area (Å²) in [5, 5.41) is 14.2. The Hall–Kier alpha value is -1.18. The van der Waals surface area contributed by atoms with Gasteiger partial charge in [0.1, 0.15) is 0 Å². The second-order valence-corrected chi connectivity index (χ2v) is 8.82. The van der Waals surface area contributed by atoms with Crippen LogP contribution >= 0.6 is 34.4 Å². The number of hydrogen-bond acceptors (Lipinski definition) is 6. The molecule has 7 heteroatoms. The third-order valence-corrected chi connectivity index (χ3v) is 7.01. The minimum absolute atomic E-state index is 0.513. The summed E-state index contributed by atoms with van der Waals surface area (Å²) in [4.78, 5) is 5.77. The summed E-state index contributed by atoms with van der Waals surface area (Å²) in [6, 6.07) is 4.73. The molecule has 0 aliphatic heterocycles. The molecule has 3 heterocycles. The van der Waals surface area contributed by atoms with E-state index in [0.717, 1.165) is 21.0 Å². The summed E-state index contributed by atoms with van der Waals surface area (Å²) in [7, 11) is 0. The van der Waals surface area contributed by atoms with Gasteiger partial charge in [-0.3, -0.25) is 4.57 Å². The second kappa shape index (κ2) is 6.75. The molecule has 0 aromatic carbocycles. The van der Waals surface area contributed by atoms with Gasteiger partial charge in [-0.15, -0.1) is 32.9 Å². The first-order valence-electron chi connectivity index (χ1n) is 7.90. The van der Waals surface area contributed by atoms with Gasteiger partial charge >= 0.3 is 0 Å². The van der Waals surface area contributed by atoms with Crippen LogP contribution in [-0.2, 0) is 0 Å². The molecule has 4 nitrogen and oxygen atoms in total. The van der Waals surface area contributed by atoms with Gasteiger partial charge in [0.15, 0.2) is 15.3 Å². The highest BCUT2D eigenvalue weighted by Crippen LogP contribution is 2.39. The van der Waals surface area contributed by atoms with Crippen LogP contribution in [0.25, 0.3) is 10.7 Å². The van der Waals surface area contributed by atoms with Crippen molar-refractivity contribution in [3.8, 4) is 10.7 Å². The summed E-state index contributed by atoms with van der Waals surface area (Å²) in [5.74, 6) is 1.02. The molecule has 1 aliphatic carbocycles. The molecule has 0 radical (unpaired) electrons. The lowest BCUT2D eigenvalue weighted by Crippen LogP contribution is -2.14. The van der Waals surface area contributed by atoms with E-state index in [0.29, 0.717) is 6.04 Å². The van der Waals surface area contributed by atoms with Crippen LogP contribution in [0.1, 0.15) is 43.8 Å². The van der Waals surface area contributed by atoms with E-state index in [1.165, 1.54) is 37.0 Å². The highest BCUT2D eigenvalue weighted by atomic mass is 32.2. The maximum absolute atomic E-state index is 4.57. The number of aryl methyl sites for hydroxylation is 1. The van der Waals surface area contributed by atoms with Gasteiger partial charge in [0.25, 0.3) is 0 Å². The first kappa shape index (κ1) is 15.4. The van der Waals surface area contributed by atoms with E-state index in [1.807, 2.05) is 6.92 Å². The molecule has 1 saturated carbocycles. The van der Waals surface area contributed by atoms with Crippen molar-refractivity contribution in [2.45, 2.75) is 54.6 Å². The second-order valence-electron chi connectivity index (χ2n) is 5.80. The van der Waals surface area contributed by atoms with Crippen molar-refractivity contribution in [3.05, 3.63) is 28.6 Å². The van der Waals surface area contributed by atoms with Crippen LogP contribution < -0.4 is 0 Å². The first-order valence-corrected chi connectivity index (χ1v) is 10.5. The summed E-state index contributed by atoms with van der Waals surface area (Å²) in [6.45, 7) is 2.03. The Kier molecular flexibility index (Phi) is 4.50. The average Bonchev–Trinajstić information content (AvgIpc) is 3.29.